The van der Waals surface area contributed by atoms with E-state index in [1.807, 2.05) is 12.3 Å². The SMILES string of the molecule is CC(N)C(c1ccccn1)N1CCC2CCCCC21. The minimum atomic E-state index is 0.135. The van der Waals surface area contributed by atoms with E-state index >= 15 is 0 Å². The molecule has 0 amide bonds. The molecule has 2 N–H and O–H groups in total. The van der Waals surface area contributed by atoms with Gasteiger partial charge in [-0.15, -0.1) is 0 Å². The Morgan fingerprint density at radius 1 is 1.26 bits per heavy atom. The van der Waals surface area contributed by atoms with Gasteiger partial charge in [0.25, 0.3) is 0 Å². The third-order valence-electron chi connectivity index (χ3n) is 4.90. The first kappa shape index (κ1) is 13.1. The lowest BCUT2D eigenvalue weighted by Crippen LogP contribution is -2.44. The number of nitrogens with two attached hydrogens (primary N) is 1. The maximum absolute atomic E-state index is 6.29. The summed E-state index contributed by atoms with van der Waals surface area (Å²) in [6, 6.07) is 7.35. The predicted molar refractivity (Wildman–Crippen MR) is 77.7 cm³/mol. The van der Waals surface area contributed by atoms with Crippen LogP contribution in [0.15, 0.2) is 24.4 Å². The number of aromatic nitrogens is 1. The van der Waals surface area contributed by atoms with Crippen molar-refractivity contribution in [3.63, 3.8) is 0 Å². The van der Waals surface area contributed by atoms with Crippen molar-refractivity contribution in [2.24, 2.45) is 11.7 Å². The van der Waals surface area contributed by atoms with Crippen LogP contribution in [0.4, 0.5) is 0 Å². The van der Waals surface area contributed by atoms with Crippen LogP contribution in [-0.4, -0.2) is 28.5 Å². The van der Waals surface area contributed by atoms with Crippen LogP contribution in [0.5, 0.6) is 0 Å². The zero-order valence-corrected chi connectivity index (χ0v) is 11.8. The molecule has 3 rings (SSSR count). The number of hydrogen-bond donors (Lipinski definition) is 1. The van der Waals surface area contributed by atoms with Crippen LogP contribution in [0, 0.1) is 5.92 Å². The average Bonchev–Trinajstić information content (AvgIpc) is 2.84. The molecule has 0 aromatic carbocycles. The first-order chi connectivity index (χ1) is 9.27. The van der Waals surface area contributed by atoms with Gasteiger partial charge in [-0.3, -0.25) is 9.88 Å². The lowest BCUT2D eigenvalue weighted by atomic mass is 9.84. The summed E-state index contributed by atoms with van der Waals surface area (Å²) in [6.45, 7) is 3.31. The quantitative estimate of drug-likeness (QED) is 0.907. The second kappa shape index (κ2) is 5.59. The van der Waals surface area contributed by atoms with Crippen molar-refractivity contribution in [1.29, 1.82) is 0 Å². The third-order valence-corrected chi connectivity index (χ3v) is 4.90. The van der Waals surface area contributed by atoms with Gasteiger partial charge in [0.1, 0.15) is 0 Å². The van der Waals surface area contributed by atoms with E-state index in [4.69, 9.17) is 5.73 Å². The Morgan fingerprint density at radius 3 is 2.84 bits per heavy atom. The van der Waals surface area contributed by atoms with Crippen LogP contribution in [0.2, 0.25) is 0 Å². The summed E-state index contributed by atoms with van der Waals surface area (Å²) in [4.78, 5) is 7.21. The Labute approximate surface area is 116 Å². The van der Waals surface area contributed by atoms with Crippen LogP contribution < -0.4 is 5.73 Å². The molecule has 1 saturated carbocycles. The minimum absolute atomic E-state index is 0.135. The minimum Gasteiger partial charge on any atom is -0.326 e. The van der Waals surface area contributed by atoms with E-state index in [0.717, 1.165) is 17.7 Å². The number of fused-ring (bicyclic) bond motifs is 1. The monoisotopic (exact) mass is 259 g/mol. The molecule has 1 aromatic heterocycles. The highest BCUT2D eigenvalue weighted by molar-refractivity contribution is 5.13. The van der Waals surface area contributed by atoms with Gasteiger partial charge in [-0.2, -0.15) is 0 Å². The summed E-state index contributed by atoms with van der Waals surface area (Å²) in [7, 11) is 0. The fourth-order valence-corrected chi connectivity index (χ4v) is 4.08. The molecule has 1 aromatic rings. The summed E-state index contributed by atoms with van der Waals surface area (Å²) in [6.07, 6.45) is 8.79. The van der Waals surface area contributed by atoms with Crippen LogP contribution in [-0.2, 0) is 0 Å². The highest BCUT2D eigenvalue weighted by Crippen LogP contribution is 2.40. The molecule has 1 aliphatic carbocycles. The molecule has 4 unspecified atom stereocenters. The summed E-state index contributed by atoms with van der Waals surface area (Å²) < 4.78 is 0. The summed E-state index contributed by atoms with van der Waals surface area (Å²) >= 11 is 0. The van der Waals surface area contributed by atoms with Gasteiger partial charge in [-0.1, -0.05) is 18.9 Å². The molecule has 4 atom stereocenters. The molecule has 19 heavy (non-hydrogen) atoms. The molecule has 0 radical (unpaired) electrons. The number of pyridine rings is 1. The highest BCUT2D eigenvalue weighted by atomic mass is 15.2. The van der Waals surface area contributed by atoms with E-state index < -0.39 is 0 Å². The summed E-state index contributed by atoms with van der Waals surface area (Å²) in [5.41, 5.74) is 7.43. The fraction of sp³-hybridized carbons (Fsp3) is 0.688. The van der Waals surface area contributed by atoms with Gasteiger partial charge >= 0.3 is 0 Å². The Hall–Kier alpha value is -0.930. The van der Waals surface area contributed by atoms with Gasteiger partial charge < -0.3 is 5.73 Å². The van der Waals surface area contributed by atoms with Crippen LogP contribution in [0.25, 0.3) is 0 Å². The zero-order valence-electron chi connectivity index (χ0n) is 11.8. The van der Waals surface area contributed by atoms with Crippen molar-refractivity contribution in [3.8, 4) is 0 Å². The molecule has 2 aliphatic rings. The largest absolute Gasteiger partial charge is 0.326 e. The van der Waals surface area contributed by atoms with Gasteiger partial charge in [0, 0.05) is 18.3 Å². The summed E-state index contributed by atoms with van der Waals surface area (Å²) in [5, 5.41) is 0. The van der Waals surface area contributed by atoms with Crippen molar-refractivity contribution < 1.29 is 0 Å². The molecule has 0 spiro atoms. The summed E-state index contributed by atoms with van der Waals surface area (Å²) in [5.74, 6) is 0.902. The van der Waals surface area contributed by atoms with Crippen molar-refractivity contribution in [1.82, 2.24) is 9.88 Å². The normalized spacial score (nSPS) is 30.8. The first-order valence-corrected chi connectivity index (χ1v) is 7.69. The van der Waals surface area contributed by atoms with E-state index in [9.17, 15) is 0 Å². The highest BCUT2D eigenvalue weighted by Gasteiger charge is 2.40. The first-order valence-electron chi connectivity index (χ1n) is 7.69. The second-order valence-corrected chi connectivity index (χ2v) is 6.20. The molecule has 3 nitrogen and oxygen atoms in total. The number of likely N-dealkylation sites (tertiary alicyclic amines) is 1. The molecule has 3 heteroatoms. The van der Waals surface area contributed by atoms with Crippen molar-refractivity contribution >= 4 is 0 Å². The topological polar surface area (TPSA) is 42.1 Å². The molecular weight excluding hydrogens is 234 g/mol. The Bertz CT molecular complexity index is 404. The Balaban J connectivity index is 1.85. The van der Waals surface area contributed by atoms with E-state index in [1.165, 1.54) is 38.6 Å². The fourth-order valence-electron chi connectivity index (χ4n) is 4.08. The molecule has 1 saturated heterocycles. The number of hydrogen-bond acceptors (Lipinski definition) is 3. The molecular formula is C16H25N3. The lowest BCUT2D eigenvalue weighted by Gasteiger charge is -2.38. The number of rotatable bonds is 3. The molecule has 2 heterocycles. The van der Waals surface area contributed by atoms with Crippen molar-refractivity contribution in [2.45, 2.75) is 57.2 Å². The lowest BCUT2D eigenvalue weighted by molar-refractivity contribution is 0.116. The van der Waals surface area contributed by atoms with Crippen LogP contribution in [0.1, 0.15) is 50.8 Å². The van der Waals surface area contributed by atoms with E-state index in [1.54, 1.807) is 0 Å². The van der Waals surface area contributed by atoms with Crippen molar-refractivity contribution in [3.05, 3.63) is 30.1 Å². The van der Waals surface area contributed by atoms with Gasteiger partial charge in [0.2, 0.25) is 0 Å². The van der Waals surface area contributed by atoms with Gasteiger partial charge in [-0.05, 0) is 50.8 Å². The number of nitrogens with zero attached hydrogens (tertiary/aromatic N) is 2. The van der Waals surface area contributed by atoms with Crippen molar-refractivity contribution in [2.75, 3.05) is 6.54 Å². The standard InChI is InChI=1S/C16H25N3/c1-12(17)16(14-7-4-5-10-18-14)19-11-9-13-6-2-3-8-15(13)19/h4-5,7,10,12-13,15-16H,2-3,6,8-9,11,17H2,1H3. The molecule has 0 bridgehead atoms. The van der Waals surface area contributed by atoms with Crippen LogP contribution in [0.3, 0.4) is 0 Å². The molecule has 104 valence electrons. The molecule has 2 fully saturated rings. The smallest absolute Gasteiger partial charge is 0.0673 e. The Morgan fingerprint density at radius 2 is 2.11 bits per heavy atom. The van der Waals surface area contributed by atoms with Crippen LogP contribution >= 0.6 is 0 Å². The van der Waals surface area contributed by atoms with Gasteiger partial charge in [-0.25, -0.2) is 0 Å². The predicted octanol–water partition coefficient (Wildman–Crippen LogP) is 2.73. The van der Waals surface area contributed by atoms with Gasteiger partial charge in [0.05, 0.1) is 11.7 Å². The Kier molecular flexibility index (Phi) is 3.85. The van der Waals surface area contributed by atoms with E-state index in [2.05, 4.69) is 28.9 Å². The molecule has 1 aliphatic heterocycles. The van der Waals surface area contributed by atoms with E-state index in [0.29, 0.717) is 0 Å². The van der Waals surface area contributed by atoms with Gasteiger partial charge in [0.15, 0.2) is 0 Å². The van der Waals surface area contributed by atoms with E-state index in [-0.39, 0.29) is 12.1 Å². The maximum Gasteiger partial charge on any atom is 0.0673 e. The average molecular weight is 259 g/mol. The second-order valence-electron chi connectivity index (χ2n) is 6.20. The maximum atomic E-state index is 6.29. The third kappa shape index (κ3) is 2.54. The zero-order chi connectivity index (χ0) is 13.2.